The lowest BCUT2D eigenvalue weighted by atomic mass is 9.99. The summed E-state index contributed by atoms with van der Waals surface area (Å²) in [6, 6.07) is 0. The monoisotopic (exact) mass is 205 g/mol. The van der Waals surface area contributed by atoms with Crippen molar-refractivity contribution in [1.29, 1.82) is 0 Å². The first kappa shape index (κ1) is 9.25. The summed E-state index contributed by atoms with van der Waals surface area (Å²) >= 11 is 0. The van der Waals surface area contributed by atoms with Gasteiger partial charge in [0.15, 0.2) is 0 Å². The molecule has 0 radical (unpaired) electrons. The van der Waals surface area contributed by atoms with Crippen LogP contribution in [0.3, 0.4) is 0 Å². The molecule has 2 fully saturated rings. The van der Waals surface area contributed by atoms with E-state index in [0.29, 0.717) is 11.7 Å². The van der Waals surface area contributed by atoms with Crippen molar-refractivity contribution in [2.45, 2.75) is 44.9 Å². The number of nitrogens with one attached hydrogen (secondary N) is 1. The van der Waals surface area contributed by atoms with Gasteiger partial charge in [-0.3, -0.25) is 5.10 Å². The van der Waals surface area contributed by atoms with Crippen LogP contribution in [0.1, 0.15) is 56.2 Å². The molecule has 3 nitrogen and oxygen atoms in total. The lowest BCUT2D eigenvalue weighted by Crippen LogP contribution is -1.97. The van der Waals surface area contributed by atoms with Gasteiger partial charge in [-0.05, 0) is 37.0 Å². The molecule has 1 heterocycles. The Morgan fingerprint density at radius 1 is 1.40 bits per heavy atom. The van der Waals surface area contributed by atoms with Crippen molar-refractivity contribution in [3.63, 3.8) is 0 Å². The summed E-state index contributed by atoms with van der Waals surface area (Å²) in [4.78, 5) is 0. The van der Waals surface area contributed by atoms with E-state index < -0.39 is 0 Å². The van der Waals surface area contributed by atoms with E-state index in [4.69, 9.17) is 5.73 Å². The smallest absolute Gasteiger partial charge is 0.148 e. The second-order valence-corrected chi connectivity index (χ2v) is 5.43. The minimum absolute atomic E-state index is 0.485. The fourth-order valence-corrected chi connectivity index (χ4v) is 2.86. The van der Waals surface area contributed by atoms with Crippen LogP contribution in [0.15, 0.2) is 0 Å². The maximum absolute atomic E-state index is 5.90. The van der Waals surface area contributed by atoms with Gasteiger partial charge in [0.25, 0.3) is 0 Å². The van der Waals surface area contributed by atoms with Gasteiger partial charge in [-0.15, -0.1) is 0 Å². The summed E-state index contributed by atoms with van der Waals surface area (Å²) in [6.07, 6.45) is 4.25. The van der Waals surface area contributed by atoms with E-state index >= 15 is 0 Å². The Labute approximate surface area is 90.4 Å². The van der Waals surface area contributed by atoms with Crippen molar-refractivity contribution < 1.29 is 0 Å². The third kappa shape index (κ3) is 1.45. The predicted molar refractivity (Wildman–Crippen MR) is 60.7 cm³/mol. The van der Waals surface area contributed by atoms with Crippen LogP contribution in [0.4, 0.5) is 5.82 Å². The van der Waals surface area contributed by atoms with Gasteiger partial charge < -0.3 is 5.73 Å². The van der Waals surface area contributed by atoms with E-state index in [9.17, 15) is 0 Å². The van der Waals surface area contributed by atoms with Crippen LogP contribution in [0.25, 0.3) is 0 Å². The van der Waals surface area contributed by atoms with Gasteiger partial charge in [0, 0.05) is 17.2 Å². The standard InChI is InChI=1S/C12H19N3/c1-6(2)10-11(14-15-12(10)13)9-5-8(9)7-3-4-7/h6-9H,3-5H2,1-2H3,(H3,13,14,15). The Morgan fingerprint density at radius 3 is 2.73 bits per heavy atom. The second-order valence-electron chi connectivity index (χ2n) is 5.43. The fourth-order valence-electron chi connectivity index (χ4n) is 2.86. The Morgan fingerprint density at radius 2 is 2.13 bits per heavy atom. The average molecular weight is 205 g/mol. The first-order valence-electron chi connectivity index (χ1n) is 6.02. The lowest BCUT2D eigenvalue weighted by Gasteiger charge is -2.06. The molecule has 0 aliphatic heterocycles. The van der Waals surface area contributed by atoms with Crippen LogP contribution in [0.2, 0.25) is 0 Å². The van der Waals surface area contributed by atoms with Crippen molar-refractivity contribution in [2.24, 2.45) is 11.8 Å². The number of aromatic nitrogens is 2. The summed E-state index contributed by atoms with van der Waals surface area (Å²) in [5, 5.41) is 7.32. The molecule has 15 heavy (non-hydrogen) atoms. The van der Waals surface area contributed by atoms with Gasteiger partial charge in [-0.2, -0.15) is 5.10 Å². The van der Waals surface area contributed by atoms with Crippen molar-refractivity contribution in [1.82, 2.24) is 10.2 Å². The van der Waals surface area contributed by atoms with Gasteiger partial charge >= 0.3 is 0 Å². The van der Waals surface area contributed by atoms with E-state index in [1.807, 2.05) is 0 Å². The molecule has 2 aliphatic rings. The van der Waals surface area contributed by atoms with E-state index in [1.165, 1.54) is 30.5 Å². The highest BCUT2D eigenvalue weighted by Gasteiger charge is 2.49. The normalized spacial score (nSPS) is 29.8. The van der Waals surface area contributed by atoms with Gasteiger partial charge in [0.2, 0.25) is 0 Å². The van der Waals surface area contributed by atoms with Crippen molar-refractivity contribution >= 4 is 5.82 Å². The third-order valence-corrected chi connectivity index (χ3v) is 3.88. The molecular weight excluding hydrogens is 186 g/mol. The first-order chi connectivity index (χ1) is 7.18. The summed E-state index contributed by atoms with van der Waals surface area (Å²) < 4.78 is 0. The number of aromatic amines is 1. The molecule has 2 aliphatic carbocycles. The Balaban J connectivity index is 1.85. The van der Waals surface area contributed by atoms with E-state index in [2.05, 4.69) is 24.0 Å². The largest absolute Gasteiger partial charge is 0.382 e. The predicted octanol–water partition coefficient (Wildman–Crippen LogP) is 2.63. The highest BCUT2D eigenvalue weighted by atomic mass is 15.2. The van der Waals surface area contributed by atoms with E-state index in [-0.39, 0.29) is 0 Å². The Bertz CT molecular complexity index is 376. The van der Waals surface area contributed by atoms with Crippen molar-refractivity contribution in [2.75, 3.05) is 5.73 Å². The van der Waals surface area contributed by atoms with Gasteiger partial charge in [-0.1, -0.05) is 13.8 Å². The minimum atomic E-state index is 0.485. The summed E-state index contributed by atoms with van der Waals surface area (Å²) in [5.41, 5.74) is 8.50. The van der Waals surface area contributed by atoms with Crippen LogP contribution in [0, 0.1) is 11.8 Å². The zero-order valence-electron chi connectivity index (χ0n) is 9.46. The Hall–Kier alpha value is -0.990. The molecule has 0 aromatic carbocycles. The maximum atomic E-state index is 5.90. The van der Waals surface area contributed by atoms with Crippen LogP contribution in [-0.4, -0.2) is 10.2 Å². The summed E-state index contributed by atoms with van der Waals surface area (Å²) in [5.74, 6) is 3.88. The molecule has 2 saturated carbocycles. The first-order valence-corrected chi connectivity index (χ1v) is 6.02. The maximum Gasteiger partial charge on any atom is 0.148 e. The number of nitrogen functional groups attached to an aromatic ring is 1. The molecule has 0 saturated heterocycles. The highest BCUT2D eigenvalue weighted by Crippen LogP contribution is 2.60. The number of nitrogens with zero attached hydrogens (tertiary/aromatic N) is 1. The van der Waals surface area contributed by atoms with Crippen LogP contribution >= 0.6 is 0 Å². The number of anilines is 1. The number of hydrogen-bond acceptors (Lipinski definition) is 2. The molecule has 2 unspecified atom stereocenters. The molecule has 0 spiro atoms. The van der Waals surface area contributed by atoms with Gasteiger partial charge in [-0.25, -0.2) is 0 Å². The third-order valence-electron chi connectivity index (χ3n) is 3.88. The van der Waals surface area contributed by atoms with Crippen LogP contribution in [-0.2, 0) is 0 Å². The molecule has 3 N–H and O–H groups in total. The summed E-state index contributed by atoms with van der Waals surface area (Å²) in [7, 11) is 0. The van der Waals surface area contributed by atoms with E-state index in [1.54, 1.807) is 0 Å². The van der Waals surface area contributed by atoms with Crippen LogP contribution < -0.4 is 5.73 Å². The topological polar surface area (TPSA) is 54.7 Å². The van der Waals surface area contributed by atoms with E-state index in [0.717, 1.165) is 17.8 Å². The molecule has 1 aromatic rings. The molecule has 3 heteroatoms. The number of rotatable bonds is 3. The minimum Gasteiger partial charge on any atom is -0.382 e. The van der Waals surface area contributed by atoms with Crippen LogP contribution in [0.5, 0.6) is 0 Å². The lowest BCUT2D eigenvalue weighted by molar-refractivity contribution is 0.677. The average Bonchev–Trinajstić information content (AvgIpc) is 3.03. The zero-order valence-corrected chi connectivity index (χ0v) is 9.46. The molecule has 3 rings (SSSR count). The molecule has 82 valence electrons. The van der Waals surface area contributed by atoms with Crippen molar-refractivity contribution in [3.8, 4) is 0 Å². The van der Waals surface area contributed by atoms with Gasteiger partial charge in [0.1, 0.15) is 5.82 Å². The second kappa shape index (κ2) is 3.00. The highest BCUT2D eigenvalue weighted by molar-refractivity contribution is 5.47. The summed E-state index contributed by atoms with van der Waals surface area (Å²) in [6.45, 7) is 4.39. The Kier molecular flexibility index (Phi) is 1.85. The molecular formula is C12H19N3. The number of H-pyrrole nitrogens is 1. The van der Waals surface area contributed by atoms with Crippen molar-refractivity contribution in [3.05, 3.63) is 11.3 Å². The molecule has 0 bridgehead atoms. The zero-order chi connectivity index (χ0) is 10.6. The molecule has 0 amide bonds. The number of hydrogen-bond donors (Lipinski definition) is 2. The number of nitrogens with two attached hydrogens (primary N) is 1. The molecule has 2 atom stereocenters. The van der Waals surface area contributed by atoms with Gasteiger partial charge in [0.05, 0.1) is 0 Å². The fraction of sp³-hybridized carbons (Fsp3) is 0.750. The molecule has 1 aromatic heterocycles. The SMILES string of the molecule is CC(C)c1c(N)n[nH]c1C1CC1C1CC1. The quantitative estimate of drug-likeness (QED) is 0.797.